The molecule has 1 aromatic rings. The molecule has 16 heavy (non-hydrogen) atoms. The zero-order valence-electron chi connectivity index (χ0n) is 8.26. The highest BCUT2D eigenvalue weighted by atomic mass is 36.0. The van der Waals surface area contributed by atoms with Crippen molar-refractivity contribution in [3.8, 4) is 0 Å². The highest BCUT2D eigenvalue weighted by Gasteiger charge is 2.14. The van der Waals surface area contributed by atoms with Gasteiger partial charge < -0.3 is 0 Å². The molecule has 0 spiro atoms. The van der Waals surface area contributed by atoms with Crippen molar-refractivity contribution in [1.82, 2.24) is 0 Å². The molecular formula is C8H9Cl2NO3S2. The van der Waals surface area contributed by atoms with Crippen LogP contribution in [-0.4, -0.2) is 18.5 Å². The van der Waals surface area contributed by atoms with Crippen molar-refractivity contribution in [2.24, 2.45) is 4.36 Å². The number of aryl methyl sites for hydroxylation is 1. The minimum absolute atomic E-state index is 0.0961. The molecular weight excluding hydrogens is 293 g/mol. The van der Waals surface area contributed by atoms with Crippen molar-refractivity contribution in [1.29, 1.82) is 0 Å². The van der Waals surface area contributed by atoms with E-state index < -0.39 is 23.9 Å². The van der Waals surface area contributed by atoms with Gasteiger partial charge in [-0.05, 0) is 19.1 Å². The summed E-state index contributed by atoms with van der Waals surface area (Å²) in [5, 5.41) is 0. The van der Waals surface area contributed by atoms with Crippen molar-refractivity contribution in [2.45, 2.75) is 11.8 Å². The predicted molar refractivity (Wildman–Crippen MR) is 65.5 cm³/mol. The molecule has 0 bridgehead atoms. The van der Waals surface area contributed by atoms with Gasteiger partial charge >= 0.3 is 0 Å². The van der Waals surface area contributed by atoms with Crippen molar-refractivity contribution >= 4 is 39.4 Å². The van der Waals surface area contributed by atoms with Gasteiger partial charge in [0.1, 0.15) is 0 Å². The number of hydrogen-bond donors (Lipinski definition) is 0. The summed E-state index contributed by atoms with van der Waals surface area (Å²) >= 11 is 0. The minimum Gasteiger partial charge on any atom is -0.222 e. The maximum Gasteiger partial charge on any atom is 0.216 e. The van der Waals surface area contributed by atoms with Crippen LogP contribution >= 0.6 is 21.4 Å². The Kier molecular flexibility index (Phi) is 4.23. The Balaban J connectivity index is 3.05. The van der Waals surface area contributed by atoms with E-state index in [1.165, 1.54) is 12.1 Å². The van der Waals surface area contributed by atoms with Gasteiger partial charge in [-0.25, -0.2) is 12.6 Å². The van der Waals surface area contributed by atoms with E-state index in [1.807, 2.05) is 6.92 Å². The van der Waals surface area contributed by atoms with E-state index in [-0.39, 0.29) is 4.90 Å². The van der Waals surface area contributed by atoms with Crippen LogP contribution in [0.3, 0.4) is 0 Å². The summed E-state index contributed by atoms with van der Waals surface area (Å²) in [5.41, 5.74) is 0.939. The molecule has 0 heterocycles. The predicted octanol–water partition coefficient (Wildman–Crippen LogP) is 2.50. The largest absolute Gasteiger partial charge is 0.222 e. The van der Waals surface area contributed by atoms with Crippen LogP contribution in [0.15, 0.2) is 33.5 Å². The Morgan fingerprint density at radius 1 is 1.12 bits per heavy atom. The second-order valence-corrected chi connectivity index (χ2v) is 9.08. The molecule has 0 N–H and O–H groups in total. The molecule has 1 rings (SSSR count). The molecule has 0 aliphatic rings. The highest BCUT2D eigenvalue weighted by Crippen LogP contribution is 2.15. The minimum atomic E-state index is -3.62. The summed E-state index contributed by atoms with van der Waals surface area (Å²) in [6.07, 6.45) is 0. The Hall–Kier alpha value is -0.300. The van der Waals surface area contributed by atoms with Crippen molar-refractivity contribution in [2.75, 3.05) is 5.88 Å². The summed E-state index contributed by atoms with van der Waals surface area (Å²) in [5.74, 6) is -0.693. The zero-order chi connectivity index (χ0) is 12.4. The van der Waals surface area contributed by atoms with Crippen LogP contribution in [0.1, 0.15) is 5.56 Å². The summed E-state index contributed by atoms with van der Waals surface area (Å²) in [6.45, 7) is 1.84. The van der Waals surface area contributed by atoms with Gasteiger partial charge in [0.05, 0.1) is 4.90 Å². The lowest BCUT2D eigenvalue weighted by Crippen LogP contribution is -2.05. The number of halogens is 2. The fraction of sp³-hybridized carbons (Fsp3) is 0.250. The van der Waals surface area contributed by atoms with Gasteiger partial charge in [0.2, 0.25) is 8.16 Å². The third-order valence-corrected chi connectivity index (χ3v) is 4.39. The molecule has 8 heteroatoms. The van der Waals surface area contributed by atoms with Crippen LogP contribution in [-0.2, 0) is 18.0 Å². The Bertz CT molecular complexity index is 578. The van der Waals surface area contributed by atoms with E-state index in [0.717, 1.165) is 5.56 Å². The molecule has 0 saturated heterocycles. The smallest absolute Gasteiger partial charge is 0.216 e. The lowest BCUT2D eigenvalue weighted by atomic mass is 10.2. The monoisotopic (exact) mass is 301 g/mol. The molecule has 0 unspecified atom stereocenters. The number of rotatable bonds is 3. The van der Waals surface area contributed by atoms with E-state index in [1.54, 1.807) is 12.1 Å². The maximum atomic E-state index is 11.7. The summed E-state index contributed by atoms with van der Waals surface area (Å²) < 4.78 is 37.3. The molecule has 0 aromatic heterocycles. The van der Waals surface area contributed by atoms with E-state index in [9.17, 15) is 12.6 Å². The van der Waals surface area contributed by atoms with Crippen molar-refractivity contribution < 1.29 is 12.6 Å². The van der Waals surface area contributed by atoms with E-state index in [0.29, 0.717) is 0 Å². The van der Waals surface area contributed by atoms with Gasteiger partial charge in [-0.15, -0.1) is 0 Å². The quantitative estimate of drug-likeness (QED) is 0.806. The Morgan fingerprint density at radius 3 is 2.06 bits per heavy atom. The molecule has 0 saturated carbocycles. The second-order valence-electron chi connectivity index (χ2n) is 3.08. The summed E-state index contributed by atoms with van der Waals surface area (Å²) in [4.78, 5) is 0.0961. The van der Waals surface area contributed by atoms with E-state index in [4.69, 9.17) is 21.4 Å². The topological polar surface area (TPSA) is 63.6 Å². The summed E-state index contributed by atoms with van der Waals surface area (Å²) in [7, 11) is 3.17. The first-order valence-electron chi connectivity index (χ1n) is 4.12. The summed E-state index contributed by atoms with van der Waals surface area (Å²) in [6, 6.07) is 6.21. The first kappa shape index (κ1) is 13.8. The molecule has 4 nitrogen and oxygen atoms in total. The molecule has 1 aromatic carbocycles. The third-order valence-electron chi connectivity index (χ3n) is 1.75. The third kappa shape index (κ3) is 4.29. The zero-order valence-corrected chi connectivity index (χ0v) is 11.4. The van der Waals surface area contributed by atoms with Crippen LogP contribution in [0.4, 0.5) is 0 Å². The number of nitrogens with zero attached hydrogens (tertiary/aromatic N) is 1. The first-order chi connectivity index (χ1) is 7.21. The van der Waals surface area contributed by atoms with Gasteiger partial charge in [-0.1, -0.05) is 17.7 Å². The molecule has 0 aliphatic heterocycles. The molecule has 0 radical (unpaired) electrons. The van der Waals surface area contributed by atoms with Gasteiger partial charge in [0.15, 0.2) is 15.7 Å². The molecule has 90 valence electrons. The first-order valence-corrected chi connectivity index (χ1v) is 8.94. The SMILES string of the molecule is Cc1ccc(S(=O)(=O)CN=S(=O)(Cl)Cl)cc1. The lowest BCUT2D eigenvalue weighted by molar-refractivity contribution is 0.596. The van der Waals surface area contributed by atoms with Gasteiger partial charge in [0.25, 0.3) is 0 Å². The fourth-order valence-electron chi connectivity index (χ4n) is 0.951. The molecule has 0 atom stereocenters. The van der Waals surface area contributed by atoms with E-state index >= 15 is 0 Å². The van der Waals surface area contributed by atoms with Gasteiger partial charge in [-0.3, -0.25) is 0 Å². The number of sulfone groups is 1. The molecule has 0 aliphatic carbocycles. The highest BCUT2D eigenvalue weighted by molar-refractivity contribution is 8.33. The van der Waals surface area contributed by atoms with Crippen LogP contribution in [0, 0.1) is 6.92 Å². The van der Waals surface area contributed by atoms with Crippen LogP contribution in [0.25, 0.3) is 0 Å². The normalized spacial score (nSPS) is 12.4. The van der Waals surface area contributed by atoms with Crippen LogP contribution < -0.4 is 0 Å². The second kappa shape index (κ2) is 4.91. The van der Waals surface area contributed by atoms with E-state index in [2.05, 4.69) is 4.36 Å². The van der Waals surface area contributed by atoms with Gasteiger partial charge in [-0.2, -0.15) is 4.36 Å². The lowest BCUT2D eigenvalue weighted by Gasteiger charge is -2.01. The van der Waals surface area contributed by atoms with Crippen LogP contribution in [0.5, 0.6) is 0 Å². The van der Waals surface area contributed by atoms with Crippen molar-refractivity contribution in [3.05, 3.63) is 29.8 Å². The number of benzene rings is 1. The maximum absolute atomic E-state index is 11.7. The Morgan fingerprint density at radius 2 is 1.62 bits per heavy atom. The van der Waals surface area contributed by atoms with Crippen molar-refractivity contribution in [3.63, 3.8) is 0 Å². The van der Waals surface area contributed by atoms with Gasteiger partial charge in [0, 0.05) is 21.4 Å². The number of hydrogen-bond acceptors (Lipinski definition) is 4. The van der Waals surface area contributed by atoms with Crippen LogP contribution in [0.2, 0.25) is 0 Å². The standard InChI is InChI=1S/C8H9Cl2NO3S2/c1-7-2-4-8(5-3-7)15(12,13)6-11-16(9,10)14/h2-5H,6H2,1H3. The average molecular weight is 302 g/mol. The average Bonchev–Trinajstić information content (AvgIpc) is 2.15. The molecule has 0 amide bonds. The molecule has 0 fully saturated rings. The Labute approximate surface area is 104 Å². The fourth-order valence-corrected chi connectivity index (χ4v) is 3.41.